The van der Waals surface area contributed by atoms with Crippen LogP contribution in [-0.4, -0.2) is 21.0 Å². The summed E-state index contributed by atoms with van der Waals surface area (Å²) in [4.78, 5) is 16.6. The van der Waals surface area contributed by atoms with Crippen molar-refractivity contribution >= 4 is 32.9 Å². The second-order valence-electron chi connectivity index (χ2n) is 2.68. The number of fused-ring (bicyclic) bond motifs is 1. The number of hydrogen-bond acceptors (Lipinski definition) is 2. The number of halogens is 2. The highest BCUT2D eigenvalue weighted by atomic mass is 79.9. The van der Waals surface area contributed by atoms with Gasteiger partial charge in [0.2, 0.25) is 0 Å². The minimum atomic E-state index is -1.14. The fraction of sp³-hybridized carbons (Fsp3) is 0. The number of nitrogens with one attached hydrogen (secondary N) is 1. The van der Waals surface area contributed by atoms with Crippen LogP contribution in [-0.2, 0) is 0 Å². The number of H-pyrrole nitrogens is 1. The summed E-state index contributed by atoms with van der Waals surface area (Å²) in [6.45, 7) is 0. The van der Waals surface area contributed by atoms with E-state index in [9.17, 15) is 9.18 Å². The number of nitrogens with zero attached hydrogens (tertiary/aromatic N) is 1. The molecule has 0 radical (unpaired) electrons. The molecule has 0 aliphatic rings. The van der Waals surface area contributed by atoms with Crippen molar-refractivity contribution in [2.24, 2.45) is 0 Å². The van der Waals surface area contributed by atoms with Crippen LogP contribution in [0, 0.1) is 6.08 Å². The van der Waals surface area contributed by atoms with Crippen molar-refractivity contribution in [1.82, 2.24) is 9.97 Å². The van der Waals surface area contributed by atoms with Gasteiger partial charge in [-0.1, -0.05) is 15.9 Å². The van der Waals surface area contributed by atoms with E-state index in [-0.39, 0.29) is 11.1 Å². The van der Waals surface area contributed by atoms with Crippen LogP contribution in [0.25, 0.3) is 11.0 Å². The average molecular weight is 259 g/mol. The van der Waals surface area contributed by atoms with Gasteiger partial charge in [-0.3, -0.25) is 0 Å². The molecule has 0 aliphatic heterocycles. The van der Waals surface area contributed by atoms with Crippen LogP contribution in [0.2, 0.25) is 0 Å². The van der Waals surface area contributed by atoms with Gasteiger partial charge < -0.3 is 10.1 Å². The molecule has 2 rings (SSSR count). The molecule has 0 fully saturated rings. The smallest absolute Gasteiger partial charge is 0.338 e. The van der Waals surface area contributed by atoms with E-state index in [1.54, 1.807) is 6.07 Å². The van der Waals surface area contributed by atoms with Crippen molar-refractivity contribution in [2.45, 2.75) is 0 Å². The van der Waals surface area contributed by atoms with E-state index in [1.165, 1.54) is 6.07 Å². The standard InChI is InChI=1S/C8H4BrFN2O2/c9-3-1-4(7(13)14)6-5(2-3)11-8(10)12-6/h1-2H,(H,11,12)(H,13,14). The lowest BCUT2D eigenvalue weighted by Crippen LogP contribution is -1.97. The lowest BCUT2D eigenvalue weighted by molar-refractivity contribution is 0.0699. The van der Waals surface area contributed by atoms with Crippen molar-refractivity contribution in [3.8, 4) is 0 Å². The van der Waals surface area contributed by atoms with E-state index < -0.39 is 12.0 Å². The third-order valence-corrected chi connectivity index (χ3v) is 2.21. The Balaban J connectivity index is 2.85. The van der Waals surface area contributed by atoms with Crippen LogP contribution in [0.15, 0.2) is 16.6 Å². The number of aromatic nitrogens is 2. The molecule has 0 amide bonds. The lowest BCUT2D eigenvalue weighted by Gasteiger charge is -1.96. The maximum atomic E-state index is 12.7. The Labute approximate surface area is 85.9 Å². The summed E-state index contributed by atoms with van der Waals surface area (Å²) < 4.78 is 13.3. The number of carboxylic acid groups (broad SMARTS) is 1. The van der Waals surface area contributed by atoms with Crippen LogP contribution in [0.1, 0.15) is 10.4 Å². The monoisotopic (exact) mass is 258 g/mol. The second-order valence-corrected chi connectivity index (χ2v) is 3.60. The molecule has 0 saturated carbocycles. The highest BCUT2D eigenvalue weighted by Gasteiger charge is 2.13. The molecular formula is C8H4BrFN2O2. The fourth-order valence-corrected chi connectivity index (χ4v) is 1.67. The van der Waals surface area contributed by atoms with Gasteiger partial charge in [0.1, 0.15) is 5.52 Å². The predicted octanol–water partition coefficient (Wildman–Crippen LogP) is 2.16. The first-order valence-electron chi connectivity index (χ1n) is 3.66. The number of rotatable bonds is 1. The highest BCUT2D eigenvalue weighted by molar-refractivity contribution is 9.10. The van der Waals surface area contributed by atoms with E-state index in [1.807, 2.05) is 0 Å². The molecule has 4 nitrogen and oxygen atoms in total. The first-order chi connectivity index (χ1) is 6.58. The third-order valence-electron chi connectivity index (χ3n) is 1.75. The number of aromatic carboxylic acids is 1. The summed E-state index contributed by atoms with van der Waals surface area (Å²) in [7, 11) is 0. The largest absolute Gasteiger partial charge is 0.478 e. The minimum absolute atomic E-state index is 0.0328. The van der Waals surface area contributed by atoms with Gasteiger partial charge >= 0.3 is 5.97 Å². The SMILES string of the molecule is O=C(O)c1cc(Br)cc2[nH]c(F)nc12. The number of hydrogen-bond donors (Lipinski definition) is 2. The molecule has 1 heterocycles. The molecule has 0 bridgehead atoms. The molecule has 0 aliphatic carbocycles. The summed E-state index contributed by atoms with van der Waals surface area (Å²) in [5, 5.41) is 8.82. The van der Waals surface area contributed by atoms with E-state index >= 15 is 0 Å². The second kappa shape index (κ2) is 3.06. The van der Waals surface area contributed by atoms with Gasteiger partial charge in [-0.05, 0) is 12.1 Å². The lowest BCUT2D eigenvalue weighted by atomic mass is 10.2. The quantitative estimate of drug-likeness (QED) is 0.824. The first kappa shape index (κ1) is 9.14. The summed E-state index contributed by atoms with van der Waals surface area (Å²) >= 11 is 3.13. The molecule has 0 saturated heterocycles. The van der Waals surface area contributed by atoms with E-state index in [4.69, 9.17) is 5.11 Å². The van der Waals surface area contributed by atoms with Gasteiger partial charge in [-0.25, -0.2) is 9.78 Å². The van der Waals surface area contributed by atoms with Gasteiger partial charge in [-0.2, -0.15) is 4.39 Å². The van der Waals surface area contributed by atoms with Crippen LogP contribution < -0.4 is 0 Å². The molecule has 0 atom stereocenters. The van der Waals surface area contributed by atoms with Crippen LogP contribution in [0.5, 0.6) is 0 Å². The highest BCUT2D eigenvalue weighted by Crippen LogP contribution is 2.22. The van der Waals surface area contributed by atoms with E-state index in [0.29, 0.717) is 9.99 Å². The van der Waals surface area contributed by atoms with Gasteiger partial charge in [-0.15, -0.1) is 0 Å². The fourth-order valence-electron chi connectivity index (χ4n) is 1.22. The number of benzene rings is 1. The molecule has 1 aromatic carbocycles. The Morgan fingerprint density at radius 2 is 2.29 bits per heavy atom. The molecule has 0 spiro atoms. The zero-order valence-corrected chi connectivity index (χ0v) is 8.30. The number of aromatic amines is 1. The van der Waals surface area contributed by atoms with Crippen molar-refractivity contribution in [1.29, 1.82) is 0 Å². The maximum Gasteiger partial charge on any atom is 0.338 e. The Bertz CT molecular complexity index is 523. The Hall–Kier alpha value is -1.43. The number of imidazole rings is 1. The third kappa shape index (κ3) is 1.37. The summed E-state index contributed by atoms with van der Waals surface area (Å²) in [6.07, 6.45) is -0.791. The number of carbonyl (C=O) groups is 1. The first-order valence-corrected chi connectivity index (χ1v) is 4.45. The molecule has 14 heavy (non-hydrogen) atoms. The molecule has 2 aromatic rings. The molecule has 2 N–H and O–H groups in total. The molecule has 0 unspecified atom stereocenters. The van der Waals surface area contributed by atoms with Gasteiger partial charge in [0.15, 0.2) is 0 Å². The van der Waals surface area contributed by atoms with E-state index in [0.717, 1.165) is 0 Å². The maximum absolute atomic E-state index is 12.7. The van der Waals surface area contributed by atoms with Crippen LogP contribution >= 0.6 is 15.9 Å². The van der Waals surface area contributed by atoms with Gasteiger partial charge in [0.25, 0.3) is 6.08 Å². The molecule has 6 heteroatoms. The Morgan fingerprint density at radius 1 is 1.57 bits per heavy atom. The summed E-state index contributed by atoms with van der Waals surface area (Å²) in [5.41, 5.74) is 0.446. The van der Waals surface area contributed by atoms with E-state index in [2.05, 4.69) is 25.9 Å². The molecule has 1 aromatic heterocycles. The normalized spacial score (nSPS) is 10.7. The predicted molar refractivity (Wildman–Crippen MR) is 50.7 cm³/mol. The minimum Gasteiger partial charge on any atom is -0.478 e. The Kier molecular flexibility index (Phi) is 1.99. The van der Waals surface area contributed by atoms with Crippen molar-refractivity contribution in [3.05, 3.63) is 28.2 Å². The molecular weight excluding hydrogens is 255 g/mol. The van der Waals surface area contributed by atoms with Crippen molar-refractivity contribution < 1.29 is 14.3 Å². The van der Waals surface area contributed by atoms with Gasteiger partial charge in [0.05, 0.1) is 11.1 Å². The van der Waals surface area contributed by atoms with Gasteiger partial charge in [0, 0.05) is 4.47 Å². The number of carboxylic acids is 1. The molecule has 72 valence electrons. The van der Waals surface area contributed by atoms with Crippen LogP contribution in [0.3, 0.4) is 0 Å². The topological polar surface area (TPSA) is 66.0 Å². The summed E-state index contributed by atoms with van der Waals surface area (Å²) in [5.74, 6) is -1.14. The Morgan fingerprint density at radius 3 is 2.93 bits per heavy atom. The summed E-state index contributed by atoms with van der Waals surface area (Å²) in [6, 6.07) is 2.95. The zero-order valence-electron chi connectivity index (χ0n) is 6.71. The zero-order chi connectivity index (χ0) is 10.3. The van der Waals surface area contributed by atoms with Crippen LogP contribution in [0.4, 0.5) is 4.39 Å². The average Bonchev–Trinajstić information content (AvgIpc) is 2.42. The van der Waals surface area contributed by atoms with Crippen molar-refractivity contribution in [3.63, 3.8) is 0 Å². The van der Waals surface area contributed by atoms with Crippen molar-refractivity contribution in [2.75, 3.05) is 0 Å².